The van der Waals surface area contributed by atoms with Crippen LogP contribution in [0.5, 0.6) is 0 Å². The van der Waals surface area contributed by atoms with Crippen LogP contribution in [-0.4, -0.2) is 16.5 Å². The van der Waals surface area contributed by atoms with E-state index in [4.69, 9.17) is 0 Å². The number of rotatable bonds is 0. The molecular weight excluding hydrogens is 152 g/mol. The van der Waals surface area contributed by atoms with Crippen LogP contribution >= 0.6 is 0 Å². The SMILES string of the molecule is O=C1C[C@H]2C[C@@H]3CC[C@@](O)(C2)[C@H]13. The Morgan fingerprint density at radius 1 is 1.50 bits per heavy atom. The molecule has 4 fully saturated rings. The molecule has 0 saturated heterocycles. The van der Waals surface area contributed by atoms with Gasteiger partial charge in [0.05, 0.1) is 5.60 Å². The smallest absolute Gasteiger partial charge is 0.139 e. The summed E-state index contributed by atoms with van der Waals surface area (Å²) in [5.41, 5.74) is -0.567. The highest BCUT2D eigenvalue weighted by atomic mass is 16.3. The summed E-state index contributed by atoms with van der Waals surface area (Å²) in [5, 5.41) is 10.2. The van der Waals surface area contributed by atoms with Crippen LogP contribution in [0.3, 0.4) is 0 Å². The highest BCUT2D eigenvalue weighted by Gasteiger charge is 2.58. The molecule has 1 N–H and O–H groups in total. The zero-order chi connectivity index (χ0) is 8.34. The molecule has 0 radical (unpaired) electrons. The molecule has 4 atom stereocenters. The first-order valence-corrected chi connectivity index (χ1v) is 4.94. The van der Waals surface area contributed by atoms with E-state index in [-0.39, 0.29) is 5.92 Å². The minimum absolute atomic E-state index is 0.0301. The molecule has 4 rings (SSSR count). The van der Waals surface area contributed by atoms with Crippen LogP contribution < -0.4 is 0 Å². The van der Waals surface area contributed by atoms with Crippen molar-refractivity contribution in [1.82, 2.24) is 0 Å². The average molecular weight is 166 g/mol. The first-order valence-electron chi connectivity index (χ1n) is 4.94. The van der Waals surface area contributed by atoms with Gasteiger partial charge >= 0.3 is 0 Å². The van der Waals surface area contributed by atoms with Gasteiger partial charge in [0.25, 0.3) is 0 Å². The van der Waals surface area contributed by atoms with E-state index in [9.17, 15) is 9.90 Å². The second-order valence-electron chi connectivity index (χ2n) is 4.86. The zero-order valence-corrected chi connectivity index (χ0v) is 7.12. The number of hydrogen-bond acceptors (Lipinski definition) is 2. The Labute approximate surface area is 72.0 Å². The van der Waals surface area contributed by atoms with Crippen molar-refractivity contribution >= 4 is 5.78 Å². The fourth-order valence-electron chi connectivity index (χ4n) is 3.82. The lowest BCUT2D eigenvalue weighted by atomic mass is 9.61. The van der Waals surface area contributed by atoms with Crippen molar-refractivity contribution in [3.63, 3.8) is 0 Å². The van der Waals surface area contributed by atoms with E-state index in [2.05, 4.69) is 0 Å². The van der Waals surface area contributed by atoms with E-state index in [1.165, 1.54) is 6.42 Å². The van der Waals surface area contributed by atoms with Gasteiger partial charge in [-0.25, -0.2) is 0 Å². The Morgan fingerprint density at radius 2 is 2.33 bits per heavy atom. The summed E-state index contributed by atoms with van der Waals surface area (Å²) >= 11 is 0. The monoisotopic (exact) mass is 166 g/mol. The Balaban J connectivity index is 2.06. The van der Waals surface area contributed by atoms with Crippen LogP contribution in [0.15, 0.2) is 0 Å². The number of ketones is 1. The molecule has 0 amide bonds. The van der Waals surface area contributed by atoms with Crippen molar-refractivity contribution in [2.24, 2.45) is 17.8 Å². The number of carbonyl (C=O) groups excluding carboxylic acids is 1. The number of aliphatic hydroxyl groups is 1. The number of fused-ring (bicyclic) bond motifs is 1. The lowest BCUT2D eigenvalue weighted by Crippen LogP contribution is -2.51. The maximum absolute atomic E-state index is 11.6. The summed E-state index contributed by atoms with van der Waals surface area (Å²) in [6.07, 6.45) is 4.83. The number of Topliss-reactive ketones (excluding diaryl/α,β-unsaturated/α-hetero) is 1. The first kappa shape index (κ1) is 7.07. The van der Waals surface area contributed by atoms with Crippen LogP contribution in [-0.2, 0) is 4.79 Å². The van der Waals surface area contributed by atoms with Crippen molar-refractivity contribution in [3.05, 3.63) is 0 Å². The lowest BCUT2D eigenvalue weighted by Gasteiger charge is -2.45. The maximum atomic E-state index is 11.6. The summed E-state index contributed by atoms with van der Waals surface area (Å²) in [4.78, 5) is 11.6. The van der Waals surface area contributed by atoms with Gasteiger partial charge in [-0.05, 0) is 37.5 Å². The van der Waals surface area contributed by atoms with Gasteiger partial charge in [-0.3, -0.25) is 4.79 Å². The average Bonchev–Trinajstić information content (AvgIpc) is 2.22. The third kappa shape index (κ3) is 0.674. The molecule has 0 unspecified atom stereocenters. The molecule has 0 spiro atoms. The van der Waals surface area contributed by atoms with Gasteiger partial charge in [0.1, 0.15) is 5.78 Å². The topological polar surface area (TPSA) is 37.3 Å². The van der Waals surface area contributed by atoms with Gasteiger partial charge in [0.2, 0.25) is 0 Å². The molecule has 2 heteroatoms. The van der Waals surface area contributed by atoms with E-state index < -0.39 is 5.60 Å². The van der Waals surface area contributed by atoms with Crippen molar-refractivity contribution in [2.75, 3.05) is 0 Å². The van der Waals surface area contributed by atoms with Crippen LogP contribution in [0, 0.1) is 17.8 Å². The summed E-state index contributed by atoms with van der Waals surface area (Å²) < 4.78 is 0. The summed E-state index contributed by atoms with van der Waals surface area (Å²) in [7, 11) is 0. The van der Waals surface area contributed by atoms with E-state index in [0.29, 0.717) is 17.6 Å². The predicted octanol–water partition coefficient (Wildman–Crippen LogP) is 1.13. The molecule has 66 valence electrons. The van der Waals surface area contributed by atoms with E-state index in [1.54, 1.807) is 0 Å². The Kier molecular flexibility index (Phi) is 1.13. The van der Waals surface area contributed by atoms with Crippen LogP contribution in [0.1, 0.15) is 32.1 Å². The third-order valence-corrected chi connectivity index (χ3v) is 4.11. The molecule has 12 heavy (non-hydrogen) atoms. The molecule has 0 aromatic carbocycles. The van der Waals surface area contributed by atoms with E-state index in [1.807, 2.05) is 0 Å². The summed E-state index contributed by atoms with van der Waals surface area (Å²) in [6.45, 7) is 0. The maximum Gasteiger partial charge on any atom is 0.139 e. The van der Waals surface area contributed by atoms with Crippen molar-refractivity contribution in [2.45, 2.75) is 37.7 Å². The number of hydrogen-bond donors (Lipinski definition) is 1. The Bertz CT molecular complexity index is 248. The highest BCUT2D eigenvalue weighted by Crippen LogP contribution is 2.56. The minimum atomic E-state index is -0.567. The quantitative estimate of drug-likeness (QED) is 0.585. The molecule has 0 heterocycles. The van der Waals surface area contributed by atoms with Crippen molar-refractivity contribution < 1.29 is 9.90 Å². The second kappa shape index (κ2) is 1.92. The third-order valence-electron chi connectivity index (χ3n) is 4.11. The molecule has 0 aromatic heterocycles. The van der Waals surface area contributed by atoms with Crippen LogP contribution in [0.2, 0.25) is 0 Å². The van der Waals surface area contributed by atoms with Gasteiger partial charge < -0.3 is 5.11 Å². The van der Waals surface area contributed by atoms with Gasteiger partial charge in [0.15, 0.2) is 0 Å². The standard InChI is InChI=1S/C10H14O2/c11-8-4-6-3-7-1-2-10(12,5-6)9(7)8/h6-7,9,12H,1-5H2/t6-,7+,9+,10-/m1/s1. The second-order valence-corrected chi connectivity index (χ2v) is 4.86. The predicted molar refractivity (Wildman–Crippen MR) is 43.5 cm³/mol. The molecule has 0 aliphatic heterocycles. The van der Waals surface area contributed by atoms with Gasteiger partial charge in [-0.2, -0.15) is 0 Å². The van der Waals surface area contributed by atoms with E-state index in [0.717, 1.165) is 25.7 Å². The molecule has 0 aromatic rings. The molecule has 2 nitrogen and oxygen atoms in total. The summed E-state index contributed by atoms with van der Waals surface area (Å²) in [6, 6.07) is 0. The van der Waals surface area contributed by atoms with Gasteiger partial charge in [-0.1, -0.05) is 0 Å². The highest BCUT2D eigenvalue weighted by molar-refractivity contribution is 5.85. The fourth-order valence-corrected chi connectivity index (χ4v) is 3.82. The number of carbonyl (C=O) groups is 1. The van der Waals surface area contributed by atoms with Crippen molar-refractivity contribution in [3.8, 4) is 0 Å². The summed E-state index contributed by atoms with van der Waals surface area (Å²) in [5.74, 6) is 1.43. The Hall–Kier alpha value is -0.370. The minimum Gasteiger partial charge on any atom is -0.389 e. The van der Waals surface area contributed by atoms with Gasteiger partial charge in [-0.15, -0.1) is 0 Å². The first-order chi connectivity index (χ1) is 5.69. The van der Waals surface area contributed by atoms with E-state index >= 15 is 0 Å². The Morgan fingerprint density at radius 3 is 2.92 bits per heavy atom. The fraction of sp³-hybridized carbons (Fsp3) is 0.900. The lowest BCUT2D eigenvalue weighted by molar-refractivity contribution is -0.149. The van der Waals surface area contributed by atoms with Crippen LogP contribution in [0.4, 0.5) is 0 Å². The van der Waals surface area contributed by atoms with Crippen LogP contribution in [0.25, 0.3) is 0 Å². The molecular formula is C10H14O2. The molecule has 4 saturated carbocycles. The van der Waals surface area contributed by atoms with Crippen molar-refractivity contribution in [1.29, 1.82) is 0 Å². The normalized spacial score (nSPS) is 56.4. The van der Waals surface area contributed by atoms with Gasteiger partial charge in [0, 0.05) is 12.3 Å². The molecule has 4 aliphatic carbocycles. The largest absolute Gasteiger partial charge is 0.389 e. The zero-order valence-electron chi connectivity index (χ0n) is 7.12. The molecule has 4 aliphatic rings. The molecule has 4 bridgehead atoms.